The molecular weight excluding hydrogens is 595 g/mol. The highest BCUT2D eigenvalue weighted by Gasteiger charge is 2.22. The first-order valence-electron chi connectivity index (χ1n) is 17.9. The Hall–Kier alpha value is -5.54. The molecular formula is C46H39N3. The highest BCUT2D eigenvalue weighted by Crippen LogP contribution is 2.40. The molecule has 0 atom stereocenters. The molecule has 3 nitrogen and oxygen atoms in total. The maximum absolute atomic E-state index is 2.52. The van der Waals surface area contributed by atoms with Crippen molar-refractivity contribution in [1.29, 1.82) is 0 Å². The highest BCUT2D eigenvalue weighted by atomic mass is 15.0. The van der Waals surface area contributed by atoms with Gasteiger partial charge in [-0.25, -0.2) is 0 Å². The first-order chi connectivity index (χ1) is 24.1. The minimum Gasteiger partial charge on any atom is -0.313 e. The number of aromatic nitrogens is 3. The fraction of sp³-hybridized carbons (Fsp3) is 0.174. The van der Waals surface area contributed by atoms with Crippen LogP contribution in [0.3, 0.4) is 0 Å². The summed E-state index contributed by atoms with van der Waals surface area (Å²) < 4.78 is 7.53. The van der Waals surface area contributed by atoms with Gasteiger partial charge in [0.05, 0.1) is 22.1 Å². The van der Waals surface area contributed by atoms with Gasteiger partial charge in [-0.05, 0) is 104 Å². The molecule has 238 valence electrons. The fourth-order valence-corrected chi connectivity index (χ4v) is 8.78. The largest absolute Gasteiger partial charge is 0.313 e. The van der Waals surface area contributed by atoms with Gasteiger partial charge in [-0.2, -0.15) is 0 Å². The second-order valence-electron chi connectivity index (χ2n) is 14.3. The third-order valence-electron chi connectivity index (χ3n) is 10.8. The molecule has 0 N–H and O–H groups in total. The lowest BCUT2D eigenvalue weighted by Crippen LogP contribution is -2.03. The first kappa shape index (κ1) is 28.5. The van der Waals surface area contributed by atoms with Gasteiger partial charge in [-0.1, -0.05) is 86.7 Å². The zero-order chi connectivity index (χ0) is 32.6. The molecule has 8 aromatic rings. The molecule has 0 radical (unpaired) electrons. The Morgan fingerprint density at radius 1 is 0.490 bits per heavy atom. The Morgan fingerprint density at radius 2 is 1.00 bits per heavy atom. The average molecular weight is 634 g/mol. The van der Waals surface area contributed by atoms with Crippen molar-refractivity contribution in [2.24, 2.45) is 5.92 Å². The molecule has 0 spiro atoms. The molecule has 3 heterocycles. The summed E-state index contributed by atoms with van der Waals surface area (Å²) in [5.74, 6) is 0.604. The number of allylic oxidation sites excluding steroid dienone is 2. The van der Waals surface area contributed by atoms with Crippen LogP contribution in [0.25, 0.3) is 72.8 Å². The molecule has 49 heavy (non-hydrogen) atoms. The van der Waals surface area contributed by atoms with E-state index >= 15 is 0 Å². The van der Waals surface area contributed by atoms with Crippen LogP contribution >= 0.6 is 0 Å². The second kappa shape index (κ2) is 11.0. The summed E-state index contributed by atoms with van der Waals surface area (Å²) in [7, 11) is 0. The van der Waals surface area contributed by atoms with Crippen molar-refractivity contribution >= 4 is 55.8 Å². The van der Waals surface area contributed by atoms with Gasteiger partial charge in [0.25, 0.3) is 0 Å². The fourth-order valence-electron chi connectivity index (χ4n) is 8.78. The molecule has 3 aromatic heterocycles. The number of rotatable bonds is 5. The predicted octanol–water partition coefficient (Wildman–Crippen LogP) is 11.8. The van der Waals surface area contributed by atoms with Gasteiger partial charge in [0.1, 0.15) is 0 Å². The van der Waals surface area contributed by atoms with Crippen molar-refractivity contribution in [3.8, 4) is 17.1 Å². The van der Waals surface area contributed by atoms with Gasteiger partial charge >= 0.3 is 0 Å². The molecule has 2 aliphatic rings. The van der Waals surface area contributed by atoms with Crippen LogP contribution in [0.1, 0.15) is 54.8 Å². The third-order valence-corrected chi connectivity index (χ3v) is 10.8. The Morgan fingerprint density at radius 3 is 1.55 bits per heavy atom. The molecule has 0 aliphatic heterocycles. The van der Waals surface area contributed by atoms with Crippen LogP contribution in [-0.2, 0) is 19.3 Å². The smallest absolute Gasteiger partial charge is 0.0542 e. The topological polar surface area (TPSA) is 14.8 Å². The van der Waals surface area contributed by atoms with Crippen LogP contribution in [0, 0.1) is 5.92 Å². The van der Waals surface area contributed by atoms with E-state index in [1.807, 2.05) is 0 Å². The molecule has 5 aromatic carbocycles. The molecule has 0 saturated carbocycles. The standard InChI is InChI=1S/C46H39N3/c1-30(2)26-31-12-11-13-32(27-31)47-45-24-22-33(48-41-18-7-3-14-35(41)36-15-4-8-19-42(36)48)28-39(45)40-29-34(23-25-46(40)47)49-43-20-9-5-16-37(43)38-17-6-10-21-44(38)49/h3-7,9,11-18,20,22-25,27-30H,8,10,19,21,26H2,1-2H3. The van der Waals surface area contributed by atoms with Crippen LogP contribution in [0.2, 0.25) is 0 Å². The van der Waals surface area contributed by atoms with Crippen LogP contribution in [0.4, 0.5) is 0 Å². The lowest BCUT2D eigenvalue weighted by molar-refractivity contribution is 0.647. The summed E-state index contributed by atoms with van der Waals surface area (Å²) in [5, 5.41) is 5.23. The average Bonchev–Trinajstić information content (AvgIpc) is 3.77. The molecule has 0 amide bonds. The van der Waals surface area contributed by atoms with Crippen LogP contribution in [0.15, 0.2) is 121 Å². The molecule has 2 aliphatic carbocycles. The molecule has 0 fully saturated rings. The van der Waals surface area contributed by atoms with E-state index in [0.29, 0.717) is 5.92 Å². The molecule has 3 heteroatoms. The quantitative estimate of drug-likeness (QED) is 0.179. The Kier molecular flexibility index (Phi) is 6.39. The van der Waals surface area contributed by atoms with Gasteiger partial charge in [0.15, 0.2) is 0 Å². The normalized spacial score (nSPS) is 14.1. The van der Waals surface area contributed by atoms with Crippen LogP contribution in [0.5, 0.6) is 0 Å². The third kappa shape index (κ3) is 4.35. The van der Waals surface area contributed by atoms with E-state index < -0.39 is 0 Å². The monoisotopic (exact) mass is 633 g/mol. The summed E-state index contributed by atoms with van der Waals surface area (Å²) in [6.45, 7) is 4.60. The van der Waals surface area contributed by atoms with Gasteiger partial charge < -0.3 is 13.7 Å². The summed E-state index contributed by atoms with van der Waals surface area (Å²) in [5.41, 5.74) is 15.7. The van der Waals surface area contributed by atoms with Crippen molar-refractivity contribution in [3.63, 3.8) is 0 Å². The number of para-hydroxylation sites is 2. The molecule has 0 unspecified atom stereocenters. The number of hydrogen-bond acceptors (Lipinski definition) is 0. The molecule has 0 bridgehead atoms. The molecule has 10 rings (SSSR count). The highest BCUT2D eigenvalue weighted by molar-refractivity contribution is 6.11. The van der Waals surface area contributed by atoms with Gasteiger partial charge in [-0.3, -0.25) is 0 Å². The van der Waals surface area contributed by atoms with E-state index in [1.165, 1.54) is 88.8 Å². The number of hydrogen-bond donors (Lipinski definition) is 0. The van der Waals surface area contributed by atoms with Crippen molar-refractivity contribution in [1.82, 2.24) is 13.7 Å². The summed E-state index contributed by atoms with van der Waals surface area (Å²) >= 11 is 0. The predicted molar refractivity (Wildman–Crippen MR) is 208 cm³/mol. The van der Waals surface area contributed by atoms with E-state index in [4.69, 9.17) is 0 Å². The summed E-state index contributed by atoms with van der Waals surface area (Å²) in [4.78, 5) is 0. The van der Waals surface area contributed by atoms with Crippen molar-refractivity contribution in [3.05, 3.63) is 149 Å². The summed E-state index contributed by atoms with van der Waals surface area (Å²) in [6.07, 6.45) is 14.6. The van der Waals surface area contributed by atoms with E-state index in [-0.39, 0.29) is 0 Å². The number of nitrogens with zero attached hydrogens (tertiary/aromatic N) is 3. The van der Waals surface area contributed by atoms with E-state index in [9.17, 15) is 0 Å². The molecule has 0 saturated heterocycles. The van der Waals surface area contributed by atoms with Crippen LogP contribution in [-0.4, -0.2) is 13.7 Å². The minimum atomic E-state index is 0.604. The van der Waals surface area contributed by atoms with Gasteiger partial charge in [-0.15, -0.1) is 0 Å². The lowest BCUT2D eigenvalue weighted by Gasteiger charge is -2.14. The number of benzene rings is 5. The van der Waals surface area contributed by atoms with Crippen molar-refractivity contribution in [2.45, 2.75) is 46.0 Å². The first-order valence-corrected chi connectivity index (χ1v) is 17.9. The van der Waals surface area contributed by atoms with Crippen molar-refractivity contribution in [2.75, 3.05) is 0 Å². The van der Waals surface area contributed by atoms with E-state index in [0.717, 1.165) is 32.1 Å². The van der Waals surface area contributed by atoms with Gasteiger partial charge in [0.2, 0.25) is 0 Å². The lowest BCUT2D eigenvalue weighted by atomic mass is 10.0. The van der Waals surface area contributed by atoms with Gasteiger partial charge in [0, 0.05) is 61.1 Å². The maximum Gasteiger partial charge on any atom is 0.0542 e. The van der Waals surface area contributed by atoms with Crippen LogP contribution < -0.4 is 0 Å². The number of fused-ring (bicyclic) bond motifs is 9. The second-order valence-corrected chi connectivity index (χ2v) is 14.3. The van der Waals surface area contributed by atoms with E-state index in [1.54, 1.807) is 0 Å². The van der Waals surface area contributed by atoms with Crippen molar-refractivity contribution < 1.29 is 0 Å². The Balaban J connectivity index is 1.26. The minimum absolute atomic E-state index is 0.604. The zero-order valence-electron chi connectivity index (χ0n) is 28.2. The summed E-state index contributed by atoms with van der Waals surface area (Å²) in [6, 6.07) is 41.3. The maximum atomic E-state index is 2.52. The zero-order valence-corrected chi connectivity index (χ0v) is 28.2. The SMILES string of the molecule is CC(C)Cc1cccc(-n2c3ccc(-n4c5c(c6ccccc64)C=CCC5)cc3c3cc(-n4c5c(c6ccccc64)C=CCC5)ccc32)c1. The Labute approximate surface area is 287 Å². The van der Waals surface area contributed by atoms with E-state index in [2.05, 4.69) is 161 Å². The Bertz CT molecular complexity index is 2510.